The van der Waals surface area contributed by atoms with E-state index in [1.165, 1.54) is 10.9 Å². The van der Waals surface area contributed by atoms with Crippen molar-refractivity contribution in [3.8, 4) is 0 Å². The summed E-state index contributed by atoms with van der Waals surface area (Å²) in [6, 6.07) is -0.0256. The van der Waals surface area contributed by atoms with Crippen LogP contribution in [-0.2, 0) is 0 Å². The molecule has 1 aliphatic heterocycles. The summed E-state index contributed by atoms with van der Waals surface area (Å²) in [5.74, 6) is 0. The van der Waals surface area contributed by atoms with Crippen molar-refractivity contribution in [3.63, 3.8) is 0 Å². The maximum atomic E-state index is 12.6. The quantitative estimate of drug-likeness (QED) is 0.771. The molecule has 0 fully saturated rings. The van der Waals surface area contributed by atoms with Crippen molar-refractivity contribution >= 4 is 12.4 Å². The van der Waals surface area contributed by atoms with Gasteiger partial charge in [0, 0.05) is 19.3 Å². The SMILES string of the molecule is CCCC1=C(C)[N+](CC)(C(=O)n2ccnc2)C=N1. The molecule has 0 saturated heterocycles. The summed E-state index contributed by atoms with van der Waals surface area (Å²) < 4.78 is 1.69. The molecule has 18 heavy (non-hydrogen) atoms. The number of rotatable bonds is 3. The third-order valence-electron chi connectivity index (χ3n) is 3.48. The van der Waals surface area contributed by atoms with Gasteiger partial charge in [0.15, 0.2) is 0 Å². The predicted molar refractivity (Wildman–Crippen MR) is 69.9 cm³/mol. The van der Waals surface area contributed by atoms with Gasteiger partial charge in [-0.2, -0.15) is 4.48 Å². The summed E-state index contributed by atoms with van der Waals surface area (Å²) >= 11 is 0. The van der Waals surface area contributed by atoms with Crippen LogP contribution >= 0.6 is 0 Å². The van der Waals surface area contributed by atoms with Crippen molar-refractivity contribution in [1.82, 2.24) is 9.55 Å². The topological polar surface area (TPSA) is 47.2 Å². The number of hydrogen-bond acceptors (Lipinski definition) is 3. The van der Waals surface area contributed by atoms with E-state index in [-0.39, 0.29) is 10.5 Å². The number of quaternary nitrogens is 1. The van der Waals surface area contributed by atoms with E-state index in [4.69, 9.17) is 0 Å². The van der Waals surface area contributed by atoms with Crippen LogP contribution in [0.2, 0.25) is 0 Å². The van der Waals surface area contributed by atoms with Crippen molar-refractivity contribution in [3.05, 3.63) is 30.1 Å². The van der Waals surface area contributed by atoms with Gasteiger partial charge in [-0.25, -0.2) is 19.3 Å². The Morgan fingerprint density at radius 1 is 1.44 bits per heavy atom. The lowest BCUT2D eigenvalue weighted by molar-refractivity contribution is -0.704. The Kier molecular flexibility index (Phi) is 3.43. The van der Waals surface area contributed by atoms with Gasteiger partial charge in [0.25, 0.3) is 0 Å². The molecule has 0 spiro atoms. The van der Waals surface area contributed by atoms with Crippen LogP contribution in [0, 0.1) is 0 Å². The fourth-order valence-electron chi connectivity index (χ4n) is 2.29. The number of nitrogens with zero attached hydrogens (tertiary/aromatic N) is 4. The summed E-state index contributed by atoms with van der Waals surface area (Å²) in [5.41, 5.74) is 2.06. The van der Waals surface area contributed by atoms with E-state index < -0.39 is 0 Å². The molecule has 0 N–H and O–H groups in total. The van der Waals surface area contributed by atoms with Gasteiger partial charge in [0.2, 0.25) is 6.34 Å². The first-order valence-corrected chi connectivity index (χ1v) is 6.32. The molecule has 0 bridgehead atoms. The highest BCUT2D eigenvalue weighted by atomic mass is 16.2. The number of amides is 1. The van der Waals surface area contributed by atoms with Gasteiger partial charge in [-0.1, -0.05) is 13.3 Å². The Bertz CT molecular complexity index is 501. The van der Waals surface area contributed by atoms with Crippen molar-refractivity contribution in [1.29, 1.82) is 0 Å². The molecule has 1 unspecified atom stereocenters. The first-order chi connectivity index (χ1) is 8.65. The number of carbonyl (C=O) groups is 1. The molecule has 96 valence electrons. The number of carbonyl (C=O) groups excluding carboxylic acids is 1. The van der Waals surface area contributed by atoms with Gasteiger partial charge >= 0.3 is 6.03 Å². The standard InChI is InChI=1S/C13H19N4O/c1-4-6-12-11(3)17(5-2,10-15-12)13(18)16-8-7-14-9-16/h7-10H,4-6H2,1-3H3/q+1. The van der Waals surface area contributed by atoms with Crippen LogP contribution in [0.25, 0.3) is 0 Å². The van der Waals surface area contributed by atoms with Gasteiger partial charge in [-0.15, -0.1) is 0 Å². The minimum atomic E-state index is -0.0256. The molecule has 2 rings (SSSR count). The molecule has 5 nitrogen and oxygen atoms in total. The molecule has 1 amide bonds. The van der Waals surface area contributed by atoms with Crippen molar-refractivity contribution in [2.45, 2.75) is 33.6 Å². The molecule has 5 heteroatoms. The predicted octanol–water partition coefficient (Wildman–Crippen LogP) is 2.76. The second-order valence-electron chi connectivity index (χ2n) is 4.46. The summed E-state index contributed by atoms with van der Waals surface area (Å²) in [6.07, 6.45) is 8.53. The molecule has 0 aromatic carbocycles. The average Bonchev–Trinajstić information content (AvgIpc) is 3.00. The Balaban J connectivity index is 2.40. The minimum Gasteiger partial charge on any atom is -0.245 e. The van der Waals surface area contributed by atoms with E-state index in [1.807, 2.05) is 13.8 Å². The molecular formula is C13H19N4O+. The smallest absolute Gasteiger partial charge is 0.245 e. The molecule has 0 radical (unpaired) electrons. The third kappa shape index (κ3) is 1.80. The molecule has 1 aliphatic rings. The maximum Gasteiger partial charge on any atom is 0.439 e. The van der Waals surface area contributed by atoms with Crippen LogP contribution in [0.4, 0.5) is 4.79 Å². The average molecular weight is 247 g/mol. The fraction of sp³-hybridized carbons (Fsp3) is 0.462. The Morgan fingerprint density at radius 2 is 2.22 bits per heavy atom. The summed E-state index contributed by atoms with van der Waals surface area (Å²) in [5, 5.41) is 0. The van der Waals surface area contributed by atoms with Gasteiger partial charge in [-0.3, -0.25) is 0 Å². The highest BCUT2D eigenvalue weighted by molar-refractivity contribution is 5.80. The molecule has 1 atom stereocenters. The van der Waals surface area contributed by atoms with Gasteiger partial charge in [-0.05, 0) is 13.3 Å². The first-order valence-electron chi connectivity index (χ1n) is 6.32. The van der Waals surface area contributed by atoms with Gasteiger partial charge in [0.1, 0.15) is 17.7 Å². The zero-order valence-corrected chi connectivity index (χ0v) is 11.1. The van der Waals surface area contributed by atoms with E-state index in [1.54, 1.807) is 18.7 Å². The number of aliphatic imine (C=N–C) groups is 1. The second kappa shape index (κ2) is 4.86. The van der Waals surface area contributed by atoms with Gasteiger partial charge < -0.3 is 0 Å². The lowest BCUT2D eigenvalue weighted by Gasteiger charge is -2.26. The van der Waals surface area contributed by atoms with E-state index in [2.05, 4.69) is 16.9 Å². The van der Waals surface area contributed by atoms with Gasteiger partial charge in [0.05, 0.1) is 6.54 Å². The molecular weight excluding hydrogens is 228 g/mol. The Hall–Kier alpha value is -1.75. The normalized spacial score (nSPS) is 22.8. The summed E-state index contributed by atoms with van der Waals surface area (Å²) in [6.45, 7) is 6.78. The Morgan fingerprint density at radius 3 is 2.78 bits per heavy atom. The van der Waals surface area contributed by atoms with Crippen LogP contribution in [0.1, 0.15) is 33.6 Å². The fourth-order valence-corrected chi connectivity index (χ4v) is 2.29. The molecule has 0 saturated carbocycles. The lowest BCUT2D eigenvalue weighted by Crippen LogP contribution is -2.50. The number of allylic oxidation sites excluding steroid dienone is 2. The maximum absolute atomic E-state index is 12.6. The highest BCUT2D eigenvalue weighted by Gasteiger charge is 2.42. The van der Waals surface area contributed by atoms with E-state index >= 15 is 0 Å². The third-order valence-corrected chi connectivity index (χ3v) is 3.48. The summed E-state index contributed by atoms with van der Waals surface area (Å²) in [7, 11) is 0. The van der Waals surface area contributed by atoms with Crippen LogP contribution in [0.5, 0.6) is 0 Å². The van der Waals surface area contributed by atoms with Crippen LogP contribution in [0.3, 0.4) is 0 Å². The summed E-state index contributed by atoms with van der Waals surface area (Å²) in [4.78, 5) is 21.0. The number of imidazole rings is 1. The zero-order valence-electron chi connectivity index (χ0n) is 11.1. The van der Waals surface area contributed by atoms with Crippen molar-refractivity contribution < 1.29 is 9.28 Å². The van der Waals surface area contributed by atoms with Crippen molar-refractivity contribution in [2.75, 3.05) is 6.54 Å². The molecule has 1 aromatic rings. The lowest BCUT2D eigenvalue weighted by atomic mass is 10.2. The van der Waals surface area contributed by atoms with E-state index in [9.17, 15) is 4.79 Å². The van der Waals surface area contributed by atoms with Crippen LogP contribution < -0.4 is 0 Å². The van der Waals surface area contributed by atoms with Crippen LogP contribution in [0.15, 0.2) is 35.1 Å². The Labute approximate surface area is 107 Å². The monoisotopic (exact) mass is 247 g/mol. The van der Waals surface area contributed by atoms with E-state index in [0.717, 1.165) is 24.2 Å². The second-order valence-corrected chi connectivity index (χ2v) is 4.46. The molecule has 1 aromatic heterocycles. The highest BCUT2D eigenvalue weighted by Crippen LogP contribution is 2.29. The van der Waals surface area contributed by atoms with Crippen LogP contribution in [-0.4, -0.2) is 32.9 Å². The first kappa shape index (κ1) is 12.7. The minimum absolute atomic E-state index is 0.0256. The van der Waals surface area contributed by atoms with Crippen molar-refractivity contribution in [2.24, 2.45) is 4.99 Å². The largest absolute Gasteiger partial charge is 0.439 e. The molecule has 0 aliphatic carbocycles. The number of aromatic nitrogens is 2. The van der Waals surface area contributed by atoms with E-state index in [0.29, 0.717) is 6.54 Å². The number of hydrogen-bond donors (Lipinski definition) is 0. The zero-order chi connectivity index (χ0) is 13.2. The molecule has 2 heterocycles.